The molecule has 1 aromatic heterocycles. The number of aromatic nitrogens is 2. The average molecular weight is 228 g/mol. The number of benzene rings is 1. The Morgan fingerprint density at radius 2 is 1.29 bits per heavy atom. The first-order valence-electron chi connectivity index (χ1n) is 5.12. The van der Waals surface area contributed by atoms with Gasteiger partial charge in [-0.3, -0.25) is 0 Å². The molecule has 0 aliphatic carbocycles. The van der Waals surface area contributed by atoms with Crippen molar-refractivity contribution in [2.75, 3.05) is 0 Å². The first kappa shape index (κ1) is 9.89. The van der Waals surface area contributed by atoms with Gasteiger partial charge in [-0.2, -0.15) is 0 Å². The molecular weight excluding hydrogens is 220 g/mol. The van der Waals surface area contributed by atoms with Gasteiger partial charge in [-0.05, 0) is 37.1 Å². The Bertz CT molecular complexity index is 633. The van der Waals surface area contributed by atoms with Crippen LogP contribution < -0.4 is 0 Å². The molecule has 0 bridgehead atoms. The molecule has 2 aromatic rings. The van der Waals surface area contributed by atoms with E-state index in [1.54, 1.807) is 0 Å². The normalized spacial score (nSPS) is 14.0. The number of aryl methyl sites for hydroxylation is 2. The highest BCUT2D eigenvalue weighted by molar-refractivity contribution is 6.13. The Morgan fingerprint density at radius 1 is 0.882 bits per heavy atom. The van der Waals surface area contributed by atoms with Gasteiger partial charge < -0.3 is 4.74 Å². The van der Waals surface area contributed by atoms with Gasteiger partial charge in [0.1, 0.15) is 0 Å². The molecule has 0 unspecified atom stereocenters. The van der Waals surface area contributed by atoms with Crippen LogP contribution >= 0.6 is 0 Å². The van der Waals surface area contributed by atoms with Crippen molar-refractivity contribution in [1.29, 1.82) is 0 Å². The predicted octanol–water partition coefficient (Wildman–Crippen LogP) is 1.56. The van der Waals surface area contributed by atoms with E-state index in [2.05, 4.69) is 14.7 Å². The summed E-state index contributed by atoms with van der Waals surface area (Å²) < 4.78 is 4.46. The minimum atomic E-state index is -0.724. The quantitative estimate of drug-likeness (QED) is 0.505. The molecule has 0 saturated heterocycles. The second-order valence-corrected chi connectivity index (χ2v) is 4.02. The maximum atomic E-state index is 11.3. The fraction of sp³-hybridized carbons (Fsp3) is 0.167. The third-order valence-electron chi connectivity index (χ3n) is 2.85. The van der Waals surface area contributed by atoms with Crippen LogP contribution in [0.15, 0.2) is 12.1 Å². The zero-order chi connectivity index (χ0) is 12.2. The smallest absolute Gasteiger partial charge is 0.367 e. The summed E-state index contributed by atoms with van der Waals surface area (Å²) in [6.45, 7) is 3.90. The predicted molar refractivity (Wildman–Crippen MR) is 58.8 cm³/mol. The highest BCUT2D eigenvalue weighted by Crippen LogP contribution is 2.22. The lowest BCUT2D eigenvalue weighted by atomic mass is 10.1. The largest absolute Gasteiger partial charge is 0.383 e. The number of rotatable bonds is 0. The highest BCUT2D eigenvalue weighted by atomic mass is 16.6. The van der Waals surface area contributed by atoms with Crippen molar-refractivity contribution in [2.45, 2.75) is 13.8 Å². The van der Waals surface area contributed by atoms with Crippen molar-refractivity contribution >= 4 is 23.0 Å². The van der Waals surface area contributed by atoms with E-state index in [9.17, 15) is 9.59 Å². The van der Waals surface area contributed by atoms with Gasteiger partial charge in [-0.15, -0.1) is 0 Å². The lowest BCUT2D eigenvalue weighted by Crippen LogP contribution is -2.00. The number of carbonyl (C=O) groups excluding carboxylic acids is 2. The number of esters is 2. The van der Waals surface area contributed by atoms with E-state index >= 15 is 0 Å². The van der Waals surface area contributed by atoms with Gasteiger partial charge in [0, 0.05) is 0 Å². The second-order valence-electron chi connectivity index (χ2n) is 4.02. The van der Waals surface area contributed by atoms with Crippen LogP contribution in [0.4, 0.5) is 0 Å². The van der Waals surface area contributed by atoms with Crippen LogP contribution in [0.5, 0.6) is 0 Å². The van der Waals surface area contributed by atoms with E-state index < -0.39 is 11.9 Å². The molecule has 84 valence electrons. The third kappa shape index (κ3) is 1.32. The lowest BCUT2D eigenvalue weighted by Gasteiger charge is -2.03. The fourth-order valence-corrected chi connectivity index (χ4v) is 1.78. The molecule has 0 radical (unpaired) electrons. The van der Waals surface area contributed by atoms with Gasteiger partial charge in [0.15, 0.2) is 11.4 Å². The van der Waals surface area contributed by atoms with Crippen molar-refractivity contribution < 1.29 is 14.3 Å². The zero-order valence-electron chi connectivity index (χ0n) is 9.27. The molecule has 5 heteroatoms. The molecule has 5 nitrogen and oxygen atoms in total. The molecular formula is C12H8N2O3. The molecule has 0 N–H and O–H groups in total. The van der Waals surface area contributed by atoms with Gasteiger partial charge in [-0.25, -0.2) is 19.6 Å². The number of nitrogens with zero attached hydrogens (tertiary/aromatic N) is 2. The number of fused-ring (bicyclic) bond motifs is 2. The number of hydrogen-bond donors (Lipinski definition) is 0. The third-order valence-corrected chi connectivity index (χ3v) is 2.85. The summed E-state index contributed by atoms with van der Waals surface area (Å²) in [5, 5.41) is 0. The van der Waals surface area contributed by atoms with Gasteiger partial charge in [0.05, 0.1) is 11.0 Å². The maximum Gasteiger partial charge on any atom is 0.367 e. The lowest BCUT2D eigenvalue weighted by molar-refractivity contribution is 0.0439. The summed E-state index contributed by atoms with van der Waals surface area (Å²) >= 11 is 0. The molecule has 1 aromatic carbocycles. The first-order valence-corrected chi connectivity index (χ1v) is 5.12. The van der Waals surface area contributed by atoms with Crippen LogP contribution in [0, 0.1) is 13.8 Å². The van der Waals surface area contributed by atoms with E-state index in [1.165, 1.54) is 0 Å². The van der Waals surface area contributed by atoms with Crippen LogP contribution in [0.2, 0.25) is 0 Å². The standard InChI is InChI=1S/C12H8N2O3/c1-5-3-7-8(4-6(5)2)14-10-9(13-7)11(15)17-12(10)16/h3-4H,1-2H3. The minimum absolute atomic E-state index is 0.00533. The minimum Gasteiger partial charge on any atom is -0.383 e. The topological polar surface area (TPSA) is 69.2 Å². The summed E-state index contributed by atoms with van der Waals surface area (Å²) in [6.07, 6.45) is 0. The molecule has 0 amide bonds. The zero-order valence-corrected chi connectivity index (χ0v) is 9.27. The molecule has 3 rings (SSSR count). The second kappa shape index (κ2) is 3.10. The number of carbonyl (C=O) groups is 2. The van der Waals surface area contributed by atoms with Crippen LogP contribution in [0.1, 0.15) is 32.1 Å². The van der Waals surface area contributed by atoms with Crippen molar-refractivity contribution in [3.8, 4) is 0 Å². The van der Waals surface area contributed by atoms with Crippen LogP contribution in [-0.2, 0) is 4.74 Å². The Labute approximate surface area is 96.4 Å². The van der Waals surface area contributed by atoms with Crippen LogP contribution in [0.25, 0.3) is 11.0 Å². The van der Waals surface area contributed by atoms with Crippen molar-refractivity contribution in [3.05, 3.63) is 34.6 Å². The van der Waals surface area contributed by atoms with Gasteiger partial charge >= 0.3 is 11.9 Å². The molecule has 1 aliphatic heterocycles. The summed E-state index contributed by atoms with van der Waals surface area (Å²) in [5.41, 5.74) is 3.32. The molecule has 0 fully saturated rings. The van der Waals surface area contributed by atoms with Crippen molar-refractivity contribution in [1.82, 2.24) is 9.97 Å². The Hall–Kier alpha value is -2.30. The van der Waals surface area contributed by atoms with Crippen molar-refractivity contribution in [2.24, 2.45) is 0 Å². The summed E-state index contributed by atoms with van der Waals surface area (Å²) in [4.78, 5) is 30.9. The van der Waals surface area contributed by atoms with Gasteiger partial charge in [0.25, 0.3) is 0 Å². The monoisotopic (exact) mass is 228 g/mol. The Balaban J connectivity index is 2.39. The average Bonchev–Trinajstić information content (AvgIpc) is 2.54. The molecule has 1 aliphatic rings. The van der Waals surface area contributed by atoms with Crippen LogP contribution in [0.3, 0.4) is 0 Å². The van der Waals surface area contributed by atoms with E-state index in [-0.39, 0.29) is 11.4 Å². The van der Waals surface area contributed by atoms with Crippen LogP contribution in [-0.4, -0.2) is 21.9 Å². The van der Waals surface area contributed by atoms with Gasteiger partial charge in [0.2, 0.25) is 0 Å². The molecule has 17 heavy (non-hydrogen) atoms. The SMILES string of the molecule is Cc1cc2nc3c(nc2cc1C)C(=O)OC3=O. The molecule has 0 saturated carbocycles. The number of ether oxygens (including phenoxy) is 1. The Morgan fingerprint density at radius 3 is 1.71 bits per heavy atom. The summed E-state index contributed by atoms with van der Waals surface area (Å²) in [7, 11) is 0. The fourth-order valence-electron chi connectivity index (χ4n) is 1.78. The highest BCUT2D eigenvalue weighted by Gasteiger charge is 2.33. The number of cyclic esters (lactones) is 2. The number of hydrogen-bond acceptors (Lipinski definition) is 5. The van der Waals surface area contributed by atoms with E-state index in [1.807, 2.05) is 26.0 Å². The molecule has 0 atom stereocenters. The first-order chi connectivity index (χ1) is 8.06. The Kier molecular flexibility index (Phi) is 1.80. The van der Waals surface area contributed by atoms with E-state index in [0.29, 0.717) is 11.0 Å². The molecule has 0 spiro atoms. The van der Waals surface area contributed by atoms with Gasteiger partial charge in [-0.1, -0.05) is 0 Å². The van der Waals surface area contributed by atoms with Crippen molar-refractivity contribution in [3.63, 3.8) is 0 Å². The molecule has 2 heterocycles. The summed E-state index contributed by atoms with van der Waals surface area (Å²) in [6, 6.07) is 3.68. The van der Waals surface area contributed by atoms with E-state index in [4.69, 9.17) is 0 Å². The maximum absolute atomic E-state index is 11.3. The van der Waals surface area contributed by atoms with E-state index in [0.717, 1.165) is 11.1 Å². The summed E-state index contributed by atoms with van der Waals surface area (Å²) in [5.74, 6) is -1.45.